The van der Waals surface area contributed by atoms with Crippen LogP contribution in [-0.2, 0) is 27.5 Å². The Bertz CT molecular complexity index is 1540. The van der Waals surface area contributed by atoms with Crippen LogP contribution in [0.2, 0.25) is 5.02 Å². The number of carbonyl (C=O) groups is 3. The van der Waals surface area contributed by atoms with Crippen molar-refractivity contribution in [3.8, 4) is 0 Å². The maximum Gasteiger partial charge on any atom is 0.244 e. The van der Waals surface area contributed by atoms with Crippen molar-refractivity contribution in [3.05, 3.63) is 65.1 Å². The average molecular weight is 535 g/mol. The highest BCUT2D eigenvalue weighted by Crippen LogP contribution is 2.24. The number of halogens is 1. The minimum Gasteiger partial charge on any atom is -0.383 e. The standard InChI is InChI=1S/C26H27ClN8O3/c1-29-23(36)9-30-26(38)22-12-34(11-18-8-16-7-17(27)3-5-20(16)33-18)13-24(37)35(22)10-15-2-4-19-21(6-15)31-14-32-25(19)28/h2-8,14,22,33H,9-13H2,1H3,(H,29,36)(H,30,38)(H2,28,31,32). The molecule has 196 valence electrons. The highest BCUT2D eigenvalue weighted by molar-refractivity contribution is 6.31. The van der Waals surface area contributed by atoms with E-state index in [0.29, 0.717) is 34.8 Å². The summed E-state index contributed by atoms with van der Waals surface area (Å²) in [5.41, 5.74) is 9.23. The summed E-state index contributed by atoms with van der Waals surface area (Å²) in [4.78, 5) is 53.5. The van der Waals surface area contributed by atoms with Gasteiger partial charge in [0.15, 0.2) is 0 Å². The Morgan fingerprint density at radius 3 is 2.82 bits per heavy atom. The SMILES string of the molecule is CNC(=O)CNC(=O)C1CN(Cc2cc3cc(Cl)ccc3[nH]2)CC(=O)N1Cc1ccc2c(N)ncnc2c1. The molecular formula is C26H27ClN8O3. The number of fused-ring (bicyclic) bond motifs is 2. The first-order valence-corrected chi connectivity index (χ1v) is 12.4. The van der Waals surface area contributed by atoms with Crippen molar-refractivity contribution < 1.29 is 14.4 Å². The van der Waals surface area contributed by atoms with E-state index in [4.69, 9.17) is 17.3 Å². The molecule has 38 heavy (non-hydrogen) atoms. The summed E-state index contributed by atoms with van der Waals surface area (Å²) >= 11 is 6.12. The lowest BCUT2D eigenvalue weighted by Crippen LogP contribution is -2.61. The third-order valence-electron chi connectivity index (χ3n) is 6.61. The molecule has 4 aromatic rings. The number of anilines is 1. The van der Waals surface area contributed by atoms with Gasteiger partial charge in [0.05, 0.1) is 18.6 Å². The molecule has 2 aromatic carbocycles. The zero-order chi connectivity index (χ0) is 26.8. The molecule has 0 spiro atoms. The van der Waals surface area contributed by atoms with Crippen LogP contribution in [-0.4, -0.2) is 75.2 Å². The summed E-state index contributed by atoms with van der Waals surface area (Å²) in [5.74, 6) is -0.551. The van der Waals surface area contributed by atoms with E-state index >= 15 is 0 Å². The third-order valence-corrected chi connectivity index (χ3v) is 6.84. The lowest BCUT2D eigenvalue weighted by atomic mass is 10.1. The fourth-order valence-corrected chi connectivity index (χ4v) is 4.87. The Hall–Kier alpha value is -4.22. The van der Waals surface area contributed by atoms with Crippen molar-refractivity contribution in [2.24, 2.45) is 0 Å². The minimum absolute atomic E-state index is 0.137. The number of rotatable bonds is 7. The highest BCUT2D eigenvalue weighted by atomic mass is 35.5. The highest BCUT2D eigenvalue weighted by Gasteiger charge is 2.37. The van der Waals surface area contributed by atoms with Crippen LogP contribution in [0.5, 0.6) is 0 Å². The lowest BCUT2D eigenvalue weighted by molar-refractivity contribution is -0.148. The second-order valence-corrected chi connectivity index (χ2v) is 9.67. The molecule has 1 aliphatic rings. The van der Waals surface area contributed by atoms with Gasteiger partial charge in [0.1, 0.15) is 18.2 Å². The minimum atomic E-state index is -0.800. The maximum absolute atomic E-state index is 13.4. The third kappa shape index (κ3) is 5.38. The summed E-state index contributed by atoms with van der Waals surface area (Å²) in [6.07, 6.45) is 1.39. The average Bonchev–Trinajstić information content (AvgIpc) is 3.29. The zero-order valence-corrected chi connectivity index (χ0v) is 21.5. The lowest BCUT2D eigenvalue weighted by Gasteiger charge is -2.40. The van der Waals surface area contributed by atoms with E-state index in [1.165, 1.54) is 13.4 Å². The van der Waals surface area contributed by atoms with Gasteiger partial charge in [-0.15, -0.1) is 0 Å². The number of amides is 3. The van der Waals surface area contributed by atoms with E-state index in [9.17, 15) is 14.4 Å². The van der Waals surface area contributed by atoms with Crippen LogP contribution in [0.3, 0.4) is 0 Å². The molecule has 2 aromatic heterocycles. The summed E-state index contributed by atoms with van der Waals surface area (Å²) in [6.45, 7) is 0.901. The summed E-state index contributed by atoms with van der Waals surface area (Å²) in [7, 11) is 1.50. The largest absolute Gasteiger partial charge is 0.383 e. The molecule has 3 heterocycles. The van der Waals surface area contributed by atoms with Crippen molar-refractivity contribution in [1.29, 1.82) is 0 Å². The van der Waals surface area contributed by atoms with Gasteiger partial charge in [-0.3, -0.25) is 19.3 Å². The Kier molecular flexibility index (Phi) is 7.12. The molecule has 1 aliphatic heterocycles. The Balaban J connectivity index is 1.38. The molecule has 5 N–H and O–H groups in total. The Morgan fingerprint density at radius 2 is 2.00 bits per heavy atom. The monoisotopic (exact) mass is 534 g/mol. The Morgan fingerprint density at radius 1 is 1.16 bits per heavy atom. The molecular weight excluding hydrogens is 508 g/mol. The number of nitrogens with one attached hydrogen (secondary N) is 3. The number of nitrogen functional groups attached to an aromatic ring is 1. The Labute approximate surface area is 223 Å². The number of benzene rings is 2. The van der Waals surface area contributed by atoms with E-state index in [-0.39, 0.29) is 31.4 Å². The predicted molar refractivity (Wildman–Crippen MR) is 144 cm³/mol. The smallest absolute Gasteiger partial charge is 0.244 e. The first-order valence-electron chi connectivity index (χ1n) is 12.1. The maximum atomic E-state index is 13.4. The molecule has 3 amide bonds. The van der Waals surface area contributed by atoms with Crippen molar-refractivity contribution in [3.63, 3.8) is 0 Å². The number of piperazine rings is 1. The van der Waals surface area contributed by atoms with Gasteiger partial charge in [-0.2, -0.15) is 0 Å². The number of aromatic amines is 1. The van der Waals surface area contributed by atoms with Crippen LogP contribution in [0.25, 0.3) is 21.8 Å². The van der Waals surface area contributed by atoms with Crippen molar-refractivity contribution in [2.45, 2.75) is 19.1 Å². The van der Waals surface area contributed by atoms with Crippen LogP contribution in [0.1, 0.15) is 11.3 Å². The first kappa shape index (κ1) is 25.4. The van der Waals surface area contributed by atoms with Gasteiger partial charge >= 0.3 is 0 Å². The zero-order valence-electron chi connectivity index (χ0n) is 20.7. The van der Waals surface area contributed by atoms with Gasteiger partial charge in [0, 0.05) is 53.7 Å². The molecule has 11 nitrogen and oxygen atoms in total. The van der Waals surface area contributed by atoms with Gasteiger partial charge < -0.3 is 26.3 Å². The summed E-state index contributed by atoms with van der Waals surface area (Å²) in [6, 6.07) is 12.3. The number of hydrogen-bond acceptors (Lipinski definition) is 7. The molecule has 0 aliphatic carbocycles. The molecule has 1 atom stereocenters. The summed E-state index contributed by atoms with van der Waals surface area (Å²) in [5, 5.41) is 7.47. The predicted octanol–water partition coefficient (Wildman–Crippen LogP) is 1.42. The van der Waals surface area contributed by atoms with Gasteiger partial charge in [0.2, 0.25) is 17.7 Å². The molecule has 0 saturated carbocycles. The summed E-state index contributed by atoms with van der Waals surface area (Å²) < 4.78 is 0. The first-order chi connectivity index (χ1) is 18.3. The molecule has 1 unspecified atom stereocenters. The van der Waals surface area contributed by atoms with Gasteiger partial charge in [0.25, 0.3) is 0 Å². The number of nitrogens with two attached hydrogens (primary N) is 1. The van der Waals surface area contributed by atoms with Crippen molar-refractivity contribution >= 4 is 56.9 Å². The molecule has 1 saturated heterocycles. The van der Waals surface area contributed by atoms with Crippen molar-refractivity contribution in [2.75, 3.05) is 32.4 Å². The fraction of sp³-hybridized carbons (Fsp3) is 0.269. The fourth-order valence-electron chi connectivity index (χ4n) is 4.69. The van der Waals surface area contributed by atoms with E-state index in [1.807, 2.05) is 47.4 Å². The van der Waals surface area contributed by atoms with E-state index in [2.05, 4.69) is 25.6 Å². The number of likely N-dealkylation sites (N-methyl/N-ethyl adjacent to an activating group) is 1. The van der Waals surface area contributed by atoms with Crippen LogP contribution in [0, 0.1) is 0 Å². The van der Waals surface area contributed by atoms with E-state index < -0.39 is 11.9 Å². The van der Waals surface area contributed by atoms with E-state index in [1.54, 1.807) is 4.90 Å². The van der Waals surface area contributed by atoms with Gasteiger partial charge in [-0.25, -0.2) is 9.97 Å². The second kappa shape index (κ2) is 10.6. The second-order valence-electron chi connectivity index (χ2n) is 9.23. The molecule has 1 fully saturated rings. The van der Waals surface area contributed by atoms with E-state index in [0.717, 1.165) is 22.2 Å². The molecule has 5 rings (SSSR count). The topological polar surface area (TPSA) is 149 Å². The van der Waals surface area contributed by atoms with Crippen molar-refractivity contribution in [1.82, 2.24) is 35.4 Å². The normalized spacial score (nSPS) is 16.2. The number of aromatic nitrogens is 3. The number of carbonyl (C=O) groups excluding carboxylic acids is 3. The van der Waals surface area contributed by atoms with Crippen LogP contribution >= 0.6 is 11.6 Å². The van der Waals surface area contributed by atoms with Gasteiger partial charge in [-0.1, -0.05) is 17.7 Å². The quantitative estimate of drug-likeness (QED) is 0.280. The number of nitrogens with zero attached hydrogens (tertiary/aromatic N) is 4. The molecule has 12 heteroatoms. The van der Waals surface area contributed by atoms with Crippen LogP contribution in [0.15, 0.2) is 48.8 Å². The number of hydrogen-bond donors (Lipinski definition) is 4. The van der Waals surface area contributed by atoms with Crippen LogP contribution in [0.4, 0.5) is 5.82 Å². The van der Waals surface area contributed by atoms with Crippen LogP contribution < -0.4 is 16.4 Å². The molecule has 0 bridgehead atoms. The number of H-pyrrole nitrogens is 1. The molecule has 0 radical (unpaired) electrons. The van der Waals surface area contributed by atoms with Gasteiger partial charge in [-0.05, 0) is 42.0 Å².